The highest BCUT2D eigenvalue weighted by Gasteiger charge is 2.50. The first-order valence-corrected chi connectivity index (χ1v) is 7.44. The van der Waals surface area contributed by atoms with E-state index in [0.717, 1.165) is 24.8 Å². The van der Waals surface area contributed by atoms with Gasteiger partial charge in [0, 0.05) is 42.3 Å². The number of carbonyl (C=O) groups excluding carboxylic acids is 1. The Morgan fingerprint density at radius 1 is 1.29 bits per heavy atom. The summed E-state index contributed by atoms with van der Waals surface area (Å²) in [5.41, 5.74) is 7.54. The predicted molar refractivity (Wildman–Crippen MR) is 79.7 cm³/mol. The lowest BCUT2D eigenvalue weighted by Gasteiger charge is -2.41. The second-order valence-corrected chi connectivity index (χ2v) is 6.24. The summed E-state index contributed by atoms with van der Waals surface area (Å²) in [7, 11) is 0. The number of fused-ring (bicyclic) bond motifs is 1. The van der Waals surface area contributed by atoms with Crippen LogP contribution in [0.5, 0.6) is 0 Å². The van der Waals surface area contributed by atoms with Crippen molar-refractivity contribution in [3.05, 3.63) is 36.3 Å². The molecule has 1 saturated heterocycles. The Bertz CT molecular complexity index is 705. The number of carbonyl (C=O) groups is 1. The molecule has 21 heavy (non-hydrogen) atoms. The molecule has 1 amide bonds. The minimum Gasteiger partial charge on any atom is -0.335 e. The third kappa shape index (κ3) is 1.84. The Labute approximate surface area is 123 Å². The largest absolute Gasteiger partial charge is 0.335 e. The number of hydrogen-bond acceptors (Lipinski definition) is 4. The Hall–Kier alpha value is -2.01. The summed E-state index contributed by atoms with van der Waals surface area (Å²) in [5, 5.41) is 0.942. The third-order valence-corrected chi connectivity index (χ3v) is 5.07. The van der Waals surface area contributed by atoms with Gasteiger partial charge in [0.1, 0.15) is 5.52 Å². The molecule has 5 heteroatoms. The van der Waals surface area contributed by atoms with Crippen LogP contribution in [0, 0.1) is 5.41 Å². The van der Waals surface area contributed by atoms with E-state index in [2.05, 4.69) is 9.97 Å². The Morgan fingerprint density at radius 2 is 2.14 bits per heavy atom. The van der Waals surface area contributed by atoms with Crippen molar-refractivity contribution in [1.82, 2.24) is 14.9 Å². The summed E-state index contributed by atoms with van der Waals surface area (Å²) in [5.74, 6) is -0.0430. The molecule has 1 aliphatic carbocycles. The molecule has 2 N–H and O–H groups in total. The molecule has 2 aromatic rings. The van der Waals surface area contributed by atoms with Crippen molar-refractivity contribution in [3.63, 3.8) is 0 Å². The smallest absolute Gasteiger partial charge is 0.274 e. The van der Waals surface area contributed by atoms with E-state index < -0.39 is 0 Å². The Morgan fingerprint density at radius 3 is 2.86 bits per heavy atom. The fourth-order valence-corrected chi connectivity index (χ4v) is 3.62. The number of aromatic nitrogens is 2. The standard InChI is InChI=1S/C16H18N4O/c17-12-9-20(10-16(12)5-2-6-16)15(21)14-13-11(4-8-19-14)3-1-7-18-13/h1,3-4,7-8,12H,2,5-6,9-10,17H2. The van der Waals surface area contributed by atoms with Crippen LogP contribution in [0.1, 0.15) is 29.8 Å². The number of nitrogens with two attached hydrogens (primary N) is 1. The predicted octanol–water partition coefficient (Wildman–Crippen LogP) is 1.58. The van der Waals surface area contributed by atoms with Crippen molar-refractivity contribution >= 4 is 16.8 Å². The van der Waals surface area contributed by atoms with Crippen LogP contribution >= 0.6 is 0 Å². The fraction of sp³-hybridized carbons (Fsp3) is 0.438. The molecule has 2 aliphatic rings. The highest BCUT2D eigenvalue weighted by molar-refractivity contribution is 6.03. The minimum absolute atomic E-state index is 0.0430. The summed E-state index contributed by atoms with van der Waals surface area (Å²) >= 11 is 0. The zero-order valence-electron chi connectivity index (χ0n) is 11.8. The zero-order chi connectivity index (χ0) is 14.4. The quantitative estimate of drug-likeness (QED) is 0.862. The molecule has 0 radical (unpaired) electrons. The van der Waals surface area contributed by atoms with Gasteiger partial charge in [0.2, 0.25) is 0 Å². The number of likely N-dealkylation sites (tertiary alicyclic amines) is 1. The molecule has 1 aliphatic heterocycles. The number of pyridine rings is 2. The van der Waals surface area contributed by atoms with Crippen LogP contribution in [0.2, 0.25) is 0 Å². The molecule has 108 valence electrons. The zero-order valence-corrected chi connectivity index (χ0v) is 11.8. The molecule has 5 nitrogen and oxygen atoms in total. The SMILES string of the molecule is NC1CN(C(=O)c2nccc3cccnc23)CC12CCC2. The van der Waals surface area contributed by atoms with Gasteiger partial charge in [-0.1, -0.05) is 12.5 Å². The van der Waals surface area contributed by atoms with Crippen LogP contribution in [0.4, 0.5) is 0 Å². The maximum Gasteiger partial charge on any atom is 0.274 e. The topological polar surface area (TPSA) is 72.1 Å². The van der Waals surface area contributed by atoms with Crippen LogP contribution in [-0.2, 0) is 0 Å². The van der Waals surface area contributed by atoms with E-state index in [1.807, 2.05) is 23.1 Å². The van der Waals surface area contributed by atoms with Crippen LogP contribution in [-0.4, -0.2) is 39.9 Å². The van der Waals surface area contributed by atoms with E-state index in [1.54, 1.807) is 12.4 Å². The average molecular weight is 282 g/mol. The molecular formula is C16H18N4O. The Kier molecular flexibility index (Phi) is 2.72. The molecule has 2 fully saturated rings. The molecule has 0 aromatic carbocycles. The summed E-state index contributed by atoms with van der Waals surface area (Å²) in [6.45, 7) is 1.39. The lowest BCUT2D eigenvalue weighted by atomic mass is 9.66. The van der Waals surface area contributed by atoms with E-state index in [0.29, 0.717) is 17.8 Å². The van der Waals surface area contributed by atoms with E-state index in [-0.39, 0.29) is 17.4 Å². The summed E-state index contributed by atoms with van der Waals surface area (Å²) in [6.07, 6.45) is 6.87. The van der Waals surface area contributed by atoms with Crippen LogP contribution < -0.4 is 5.73 Å². The first-order chi connectivity index (χ1) is 10.2. The second-order valence-electron chi connectivity index (χ2n) is 6.24. The van der Waals surface area contributed by atoms with Crippen molar-refractivity contribution < 1.29 is 4.79 Å². The van der Waals surface area contributed by atoms with Gasteiger partial charge in [0.25, 0.3) is 5.91 Å². The molecule has 1 atom stereocenters. The van der Waals surface area contributed by atoms with Crippen molar-refractivity contribution in [2.75, 3.05) is 13.1 Å². The van der Waals surface area contributed by atoms with Gasteiger partial charge in [-0.15, -0.1) is 0 Å². The van der Waals surface area contributed by atoms with Crippen molar-refractivity contribution in [1.29, 1.82) is 0 Å². The van der Waals surface area contributed by atoms with E-state index in [1.165, 1.54) is 6.42 Å². The molecular weight excluding hydrogens is 264 g/mol. The molecule has 3 heterocycles. The average Bonchev–Trinajstić information content (AvgIpc) is 2.84. The summed E-state index contributed by atoms with van der Waals surface area (Å²) in [6, 6.07) is 5.79. The molecule has 1 spiro atoms. The number of hydrogen-bond donors (Lipinski definition) is 1. The third-order valence-electron chi connectivity index (χ3n) is 5.07. The van der Waals surface area contributed by atoms with Crippen LogP contribution in [0.15, 0.2) is 30.6 Å². The van der Waals surface area contributed by atoms with Crippen LogP contribution in [0.3, 0.4) is 0 Å². The van der Waals surface area contributed by atoms with Crippen molar-refractivity contribution in [2.45, 2.75) is 25.3 Å². The van der Waals surface area contributed by atoms with Gasteiger partial charge in [-0.25, -0.2) is 4.98 Å². The lowest BCUT2D eigenvalue weighted by molar-refractivity contribution is 0.0723. The van der Waals surface area contributed by atoms with Gasteiger partial charge >= 0.3 is 0 Å². The monoisotopic (exact) mass is 282 g/mol. The second kappa shape index (κ2) is 4.49. The maximum atomic E-state index is 12.8. The Balaban J connectivity index is 1.68. The fourth-order valence-electron chi connectivity index (χ4n) is 3.62. The van der Waals surface area contributed by atoms with E-state index in [4.69, 9.17) is 5.73 Å². The van der Waals surface area contributed by atoms with Gasteiger partial charge in [-0.2, -0.15) is 0 Å². The molecule has 2 aromatic heterocycles. The highest BCUT2D eigenvalue weighted by Crippen LogP contribution is 2.47. The molecule has 4 rings (SSSR count). The van der Waals surface area contributed by atoms with Crippen molar-refractivity contribution in [3.8, 4) is 0 Å². The van der Waals surface area contributed by atoms with Gasteiger partial charge in [0.15, 0.2) is 5.69 Å². The normalized spacial score (nSPS) is 23.5. The molecule has 0 bridgehead atoms. The number of amides is 1. The van der Waals surface area contributed by atoms with Gasteiger partial charge < -0.3 is 10.6 Å². The summed E-state index contributed by atoms with van der Waals surface area (Å²) < 4.78 is 0. The minimum atomic E-state index is -0.0430. The lowest BCUT2D eigenvalue weighted by Crippen LogP contribution is -2.45. The first-order valence-electron chi connectivity index (χ1n) is 7.44. The molecule has 1 saturated carbocycles. The maximum absolute atomic E-state index is 12.8. The van der Waals surface area contributed by atoms with Gasteiger partial charge in [-0.05, 0) is 25.0 Å². The van der Waals surface area contributed by atoms with E-state index >= 15 is 0 Å². The van der Waals surface area contributed by atoms with Crippen LogP contribution in [0.25, 0.3) is 10.9 Å². The number of rotatable bonds is 1. The summed E-state index contributed by atoms with van der Waals surface area (Å²) in [4.78, 5) is 23.3. The highest BCUT2D eigenvalue weighted by atomic mass is 16.2. The molecule has 1 unspecified atom stereocenters. The van der Waals surface area contributed by atoms with Gasteiger partial charge in [0.05, 0.1) is 0 Å². The first kappa shape index (κ1) is 12.7. The van der Waals surface area contributed by atoms with E-state index in [9.17, 15) is 4.79 Å². The van der Waals surface area contributed by atoms with Crippen molar-refractivity contribution in [2.24, 2.45) is 11.1 Å². The number of nitrogens with zero attached hydrogens (tertiary/aromatic N) is 3. The van der Waals surface area contributed by atoms with Gasteiger partial charge in [-0.3, -0.25) is 9.78 Å².